The molecule has 0 amide bonds. The molecule has 0 spiro atoms. The van der Waals surface area contributed by atoms with Crippen molar-refractivity contribution in [3.8, 4) is 11.3 Å². The number of nitrogens with zero attached hydrogens (tertiary/aromatic N) is 6. The lowest BCUT2D eigenvalue weighted by molar-refractivity contribution is 0.239. The van der Waals surface area contributed by atoms with Gasteiger partial charge in [-0.25, -0.2) is 0 Å². The van der Waals surface area contributed by atoms with Crippen LogP contribution < -0.4 is 0 Å². The molecule has 28 heavy (non-hydrogen) atoms. The summed E-state index contributed by atoms with van der Waals surface area (Å²) < 4.78 is 7.45. The lowest BCUT2D eigenvalue weighted by Gasteiger charge is -2.21. The van der Waals surface area contributed by atoms with Crippen LogP contribution in [0.15, 0.2) is 41.3 Å². The summed E-state index contributed by atoms with van der Waals surface area (Å²) in [6, 6.07) is 6.18. The maximum Gasteiger partial charge on any atom is 0.151 e. The Bertz CT molecular complexity index is 903. The first-order valence-corrected chi connectivity index (χ1v) is 9.83. The Hall–Kier alpha value is -2.51. The molecule has 1 unspecified atom stereocenters. The Balaban J connectivity index is 1.29. The van der Waals surface area contributed by atoms with Gasteiger partial charge in [-0.1, -0.05) is 11.2 Å². The molecule has 1 fully saturated rings. The van der Waals surface area contributed by atoms with Crippen LogP contribution in [0.4, 0.5) is 0 Å². The molecule has 0 N–H and O–H groups in total. The number of aryl methyl sites for hydroxylation is 1. The number of hydrogen-bond donors (Lipinski definition) is 0. The molecule has 1 saturated heterocycles. The van der Waals surface area contributed by atoms with Gasteiger partial charge in [0, 0.05) is 56.4 Å². The normalized spacial score (nSPS) is 17.6. The molecule has 0 saturated carbocycles. The Morgan fingerprint density at radius 1 is 1.32 bits per heavy atom. The summed E-state index contributed by atoms with van der Waals surface area (Å²) in [6.45, 7) is 7.10. The second kappa shape index (κ2) is 8.24. The van der Waals surface area contributed by atoms with E-state index >= 15 is 0 Å². The van der Waals surface area contributed by atoms with Crippen molar-refractivity contribution >= 4 is 0 Å². The molecular weight excluding hydrogens is 352 g/mol. The number of rotatable bonds is 7. The van der Waals surface area contributed by atoms with Crippen molar-refractivity contribution in [2.45, 2.75) is 26.4 Å². The molecule has 0 aliphatic carbocycles. The van der Waals surface area contributed by atoms with Crippen LogP contribution in [0.3, 0.4) is 0 Å². The zero-order valence-electron chi connectivity index (χ0n) is 16.9. The molecule has 1 aliphatic rings. The average molecular weight is 380 g/mol. The van der Waals surface area contributed by atoms with Crippen molar-refractivity contribution in [2.75, 3.05) is 26.7 Å². The van der Waals surface area contributed by atoms with Crippen molar-refractivity contribution in [1.82, 2.24) is 29.7 Å². The molecule has 0 radical (unpaired) electrons. The summed E-state index contributed by atoms with van der Waals surface area (Å²) in [6.07, 6.45) is 6.84. The molecule has 0 aromatic carbocycles. The summed E-state index contributed by atoms with van der Waals surface area (Å²) in [5.41, 5.74) is 4.26. The first-order valence-electron chi connectivity index (χ1n) is 9.83. The predicted molar refractivity (Wildman–Crippen MR) is 107 cm³/mol. The van der Waals surface area contributed by atoms with Crippen molar-refractivity contribution < 1.29 is 4.52 Å². The van der Waals surface area contributed by atoms with Crippen LogP contribution >= 0.6 is 0 Å². The quantitative estimate of drug-likeness (QED) is 0.628. The predicted octanol–water partition coefficient (Wildman–Crippen LogP) is 2.73. The second-order valence-electron chi connectivity index (χ2n) is 7.89. The summed E-state index contributed by atoms with van der Waals surface area (Å²) in [7, 11) is 4.13. The highest BCUT2D eigenvalue weighted by atomic mass is 16.5. The molecule has 3 aromatic heterocycles. The zero-order valence-corrected chi connectivity index (χ0v) is 16.9. The minimum atomic E-state index is 0.685. The first kappa shape index (κ1) is 18.8. The number of aromatic nitrogens is 4. The minimum Gasteiger partial charge on any atom is -0.359 e. The number of hydrogen-bond acceptors (Lipinski definition) is 6. The Kier molecular flexibility index (Phi) is 5.54. The Morgan fingerprint density at radius 2 is 2.21 bits per heavy atom. The highest BCUT2D eigenvalue weighted by molar-refractivity contribution is 5.60. The van der Waals surface area contributed by atoms with Gasteiger partial charge in [0.05, 0.1) is 12.7 Å². The van der Waals surface area contributed by atoms with Crippen LogP contribution in [-0.4, -0.2) is 56.4 Å². The number of pyridine rings is 1. The molecule has 0 bridgehead atoms. The molecule has 1 aliphatic heterocycles. The molecule has 4 rings (SSSR count). The topological polar surface area (TPSA) is 63.2 Å². The van der Waals surface area contributed by atoms with E-state index < -0.39 is 0 Å². The molecule has 7 nitrogen and oxygen atoms in total. The van der Waals surface area contributed by atoms with E-state index in [1.54, 1.807) is 0 Å². The lowest BCUT2D eigenvalue weighted by Crippen LogP contribution is -2.28. The maximum atomic E-state index is 5.59. The fourth-order valence-electron chi connectivity index (χ4n) is 4.00. The zero-order chi connectivity index (χ0) is 19.5. The van der Waals surface area contributed by atoms with Gasteiger partial charge >= 0.3 is 0 Å². The van der Waals surface area contributed by atoms with Crippen molar-refractivity contribution in [3.05, 3.63) is 53.8 Å². The summed E-state index contributed by atoms with van der Waals surface area (Å²) in [4.78, 5) is 9.06. The molecule has 148 valence electrons. The van der Waals surface area contributed by atoms with Crippen LogP contribution in [0, 0.1) is 12.8 Å². The van der Waals surface area contributed by atoms with Crippen molar-refractivity contribution in [1.29, 1.82) is 0 Å². The van der Waals surface area contributed by atoms with Crippen molar-refractivity contribution in [2.24, 2.45) is 13.0 Å². The second-order valence-corrected chi connectivity index (χ2v) is 7.89. The smallest absolute Gasteiger partial charge is 0.151 e. The molecule has 4 heterocycles. The summed E-state index contributed by atoms with van der Waals surface area (Å²) in [5, 5.41) is 8.54. The molecule has 3 aromatic rings. The average Bonchev–Trinajstić information content (AvgIpc) is 3.39. The van der Waals surface area contributed by atoms with Gasteiger partial charge in [0.2, 0.25) is 0 Å². The van der Waals surface area contributed by atoms with E-state index in [4.69, 9.17) is 4.52 Å². The third-order valence-electron chi connectivity index (χ3n) is 5.56. The van der Waals surface area contributed by atoms with Gasteiger partial charge in [0.15, 0.2) is 5.76 Å². The summed E-state index contributed by atoms with van der Waals surface area (Å²) >= 11 is 0. The fourth-order valence-corrected chi connectivity index (χ4v) is 4.00. The van der Waals surface area contributed by atoms with Crippen LogP contribution in [0.25, 0.3) is 11.3 Å². The lowest BCUT2D eigenvalue weighted by atomic mass is 10.1. The monoisotopic (exact) mass is 380 g/mol. The van der Waals surface area contributed by atoms with E-state index in [0.29, 0.717) is 5.92 Å². The van der Waals surface area contributed by atoms with E-state index in [1.807, 2.05) is 49.4 Å². The van der Waals surface area contributed by atoms with E-state index in [2.05, 4.69) is 38.2 Å². The van der Waals surface area contributed by atoms with Gasteiger partial charge in [0.25, 0.3) is 0 Å². The van der Waals surface area contributed by atoms with Gasteiger partial charge in [-0.15, -0.1) is 0 Å². The third-order valence-corrected chi connectivity index (χ3v) is 5.56. The van der Waals surface area contributed by atoms with Crippen LogP contribution in [0.5, 0.6) is 0 Å². The first-order chi connectivity index (χ1) is 13.6. The number of likely N-dealkylation sites (tertiary alicyclic amines) is 1. The largest absolute Gasteiger partial charge is 0.359 e. The maximum absolute atomic E-state index is 5.59. The highest BCUT2D eigenvalue weighted by Crippen LogP contribution is 2.25. The van der Waals surface area contributed by atoms with Crippen LogP contribution in [-0.2, 0) is 20.1 Å². The van der Waals surface area contributed by atoms with E-state index in [0.717, 1.165) is 55.4 Å². The minimum absolute atomic E-state index is 0.685. The SMILES string of the molecule is Cc1c(-c2cc(CN3CCC(CN(C)Cc4cccnc4)C3)on2)cnn1C. The van der Waals surface area contributed by atoms with Gasteiger partial charge < -0.3 is 9.42 Å². The van der Waals surface area contributed by atoms with E-state index in [-0.39, 0.29) is 0 Å². The van der Waals surface area contributed by atoms with E-state index in [1.165, 1.54) is 12.0 Å². The van der Waals surface area contributed by atoms with Crippen molar-refractivity contribution in [3.63, 3.8) is 0 Å². The third kappa shape index (κ3) is 4.31. The van der Waals surface area contributed by atoms with Crippen LogP contribution in [0.2, 0.25) is 0 Å². The van der Waals surface area contributed by atoms with Crippen LogP contribution in [0.1, 0.15) is 23.4 Å². The Labute approximate surface area is 166 Å². The standard InChI is InChI=1S/C21H28N6O/c1-16-20(11-23-26(16)3)21-9-19(28-24-21)15-27-8-6-18(14-27)13-25(2)12-17-5-4-7-22-10-17/h4-5,7,9-11,18H,6,8,12-15H2,1-3H3. The fraction of sp³-hybridized carbons (Fsp3) is 0.476. The summed E-state index contributed by atoms with van der Waals surface area (Å²) in [5.74, 6) is 1.60. The van der Waals surface area contributed by atoms with Gasteiger partial charge in [-0.3, -0.25) is 14.6 Å². The highest BCUT2D eigenvalue weighted by Gasteiger charge is 2.25. The van der Waals surface area contributed by atoms with E-state index in [9.17, 15) is 0 Å². The molecular formula is C21H28N6O. The van der Waals surface area contributed by atoms with Gasteiger partial charge in [-0.2, -0.15) is 5.10 Å². The Morgan fingerprint density at radius 3 is 2.96 bits per heavy atom. The van der Waals surface area contributed by atoms with Gasteiger partial charge in [-0.05, 0) is 44.5 Å². The van der Waals surface area contributed by atoms with Gasteiger partial charge in [0.1, 0.15) is 5.69 Å². The molecule has 1 atom stereocenters. The molecule has 7 heteroatoms.